The summed E-state index contributed by atoms with van der Waals surface area (Å²) in [7, 11) is -2.01. The lowest BCUT2D eigenvalue weighted by Gasteiger charge is -2.27. The van der Waals surface area contributed by atoms with Gasteiger partial charge in [-0.3, -0.25) is 0 Å². The van der Waals surface area contributed by atoms with Crippen molar-refractivity contribution in [1.82, 2.24) is 9.62 Å². The van der Waals surface area contributed by atoms with Gasteiger partial charge < -0.3 is 15.4 Å². The van der Waals surface area contributed by atoms with Gasteiger partial charge in [0.1, 0.15) is 0 Å². The van der Waals surface area contributed by atoms with E-state index in [0.717, 1.165) is 18.7 Å². The zero-order chi connectivity index (χ0) is 15.3. The molecular formula is C13H21BrN4O3S. The first-order chi connectivity index (χ1) is 10.0. The number of sulfonamides is 1. The van der Waals surface area contributed by atoms with Gasteiger partial charge in [0.15, 0.2) is 5.96 Å². The first-order valence-electron chi connectivity index (χ1n) is 6.68. The highest BCUT2D eigenvalue weighted by Crippen LogP contribution is 2.11. The molecule has 9 heteroatoms. The second-order valence-corrected chi connectivity index (χ2v) is 6.51. The summed E-state index contributed by atoms with van der Waals surface area (Å²) in [4.78, 5) is 6.54. The number of benzene rings is 1. The van der Waals surface area contributed by atoms with Crippen LogP contribution in [0.4, 0.5) is 0 Å². The van der Waals surface area contributed by atoms with Crippen molar-refractivity contribution < 1.29 is 13.2 Å². The van der Waals surface area contributed by atoms with Crippen molar-refractivity contribution in [2.24, 2.45) is 10.7 Å². The lowest BCUT2D eigenvalue weighted by atomic mass is 10.2. The van der Waals surface area contributed by atoms with Gasteiger partial charge in [-0.15, -0.1) is 17.0 Å². The Morgan fingerprint density at radius 3 is 2.45 bits per heavy atom. The highest BCUT2D eigenvalue weighted by atomic mass is 79.9. The topological polar surface area (TPSA) is 97.0 Å². The van der Waals surface area contributed by atoms with Crippen LogP contribution in [0.5, 0.6) is 0 Å². The Hall–Kier alpha value is -1.16. The second-order valence-electron chi connectivity index (χ2n) is 4.63. The van der Waals surface area contributed by atoms with E-state index in [1.54, 1.807) is 24.3 Å². The molecule has 1 aliphatic heterocycles. The van der Waals surface area contributed by atoms with Crippen LogP contribution in [0.3, 0.4) is 0 Å². The summed E-state index contributed by atoms with van der Waals surface area (Å²) in [5.74, 6) is 0.491. The fourth-order valence-electron chi connectivity index (χ4n) is 1.96. The summed E-state index contributed by atoms with van der Waals surface area (Å²) in [5, 5.41) is 0. The summed E-state index contributed by atoms with van der Waals surface area (Å²) in [6, 6.07) is 6.59. The number of rotatable bonds is 4. The van der Waals surface area contributed by atoms with Crippen LogP contribution < -0.4 is 10.5 Å². The van der Waals surface area contributed by atoms with Crippen LogP contribution in [0.1, 0.15) is 5.56 Å². The number of halogens is 1. The average molecular weight is 393 g/mol. The molecule has 124 valence electrons. The van der Waals surface area contributed by atoms with Crippen LogP contribution in [-0.4, -0.2) is 52.6 Å². The SMILES string of the molecule is Br.CNS(=O)(=O)c1ccc(CN=C(N)N2CCOCC2)cc1. The molecule has 1 heterocycles. The Balaban J connectivity index is 0.00000242. The van der Waals surface area contributed by atoms with Gasteiger partial charge in [-0.1, -0.05) is 12.1 Å². The third kappa shape index (κ3) is 4.94. The second kappa shape index (κ2) is 8.47. The summed E-state index contributed by atoms with van der Waals surface area (Å²) in [6.45, 7) is 3.23. The van der Waals surface area contributed by atoms with Crippen LogP contribution in [0, 0.1) is 0 Å². The smallest absolute Gasteiger partial charge is 0.240 e. The van der Waals surface area contributed by atoms with E-state index in [1.165, 1.54) is 7.05 Å². The lowest BCUT2D eigenvalue weighted by molar-refractivity contribution is 0.0674. The fraction of sp³-hybridized carbons (Fsp3) is 0.462. The molecule has 0 saturated carbocycles. The molecule has 1 aromatic rings. The van der Waals surface area contributed by atoms with E-state index in [1.807, 2.05) is 4.90 Å². The van der Waals surface area contributed by atoms with Gasteiger partial charge in [-0.05, 0) is 24.7 Å². The maximum Gasteiger partial charge on any atom is 0.240 e. The first kappa shape index (κ1) is 18.9. The molecule has 7 nitrogen and oxygen atoms in total. The van der Waals surface area contributed by atoms with Gasteiger partial charge in [0, 0.05) is 13.1 Å². The van der Waals surface area contributed by atoms with Crippen LogP contribution in [0.15, 0.2) is 34.2 Å². The standard InChI is InChI=1S/C13H20N4O3S.BrH/c1-15-21(18,19)12-4-2-11(3-5-12)10-16-13(14)17-6-8-20-9-7-17;/h2-5,15H,6-10H2,1H3,(H2,14,16);1H. The average Bonchev–Trinajstić information content (AvgIpc) is 2.54. The predicted molar refractivity (Wildman–Crippen MR) is 90.7 cm³/mol. The van der Waals surface area contributed by atoms with Gasteiger partial charge in [-0.2, -0.15) is 0 Å². The summed E-state index contributed by atoms with van der Waals surface area (Å²) in [5.41, 5.74) is 6.84. The minimum atomic E-state index is -3.40. The Labute approximate surface area is 141 Å². The van der Waals surface area contributed by atoms with Crippen molar-refractivity contribution in [3.05, 3.63) is 29.8 Å². The summed E-state index contributed by atoms with van der Waals surface area (Å²) < 4.78 is 30.7. The molecule has 0 amide bonds. The minimum absolute atomic E-state index is 0. The highest BCUT2D eigenvalue weighted by Gasteiger charge is 2.12. The molecule has 0 spiro atoms. The normalized spacial score (nSPS) is 16.2. The third-order valence-electron chi connectivity index (χ3n) is 3.26. The maximum absolute atomic E-state index is 11.6. The Bertz CT molecular complexity index is 598. The van der Waals surface area contributed by atoms with Gasteiger partial charge in [0.25, 0.3) is 0 Å². The number of aliphatic imine (C=N–C) groups is 1. The van der Waals surface area contributed by atoms with Crippen molar-refractivity contribution in [3.8, 4) is 0 Å². The number of nitrogens with zero attached hydrogens (tertiary/aromatic N) is 2. The molecule has 1 aliphatic rings. The molecule has 0 unspecified atom stereocenters. The Morgan fingerprint density at radius 1 is 1.32 bits per heavy atom. The minimum Gasteiger partial charge on any atom is -0.378 e. The zero-order valence-electron chi connectivity index (χ0n) is 12.4. The predicted octanol–water partition coefficient (Wildman–Crippen LogP) is 0.320. The number of guanidine groups is 1. The molecule has 3 N–H and O–H groups in total. The molecule has 1 aromatic carbocycles. The molecule has 0 radical (unpaired) electrons. The molecule has 0 atom stereocenters. The van der Waals surface area contributed by atoms with E-state index in [9.17, 15) is 8.42 Å². The number of nitrogens with one attached hydrogen (secondary N) is 1. The first-order valence-corrected chi connectivity index (χ1v) is 8.16. The van der Waals surface area contributed by atoms with Crippen LogP contribution in [-0.2, 0) is 21.3 Å². The fourth-order valence-corrected chi connectivity index (χ4v) is 2.69. The van der Waals surface area contributed by atoms with Crippen molar-refractivity contribution in [1.29, 1.82) is 0 Å². The van der Waals surface area contributed by atoms with E-state index in [2.05, 4.69) is 9.71 Å². The number of morpholine rings is 1. The monoisotopic (exact) mass is 392 g/mol. The zero-order valence-corrected chi connectivity index (χ0v) is 14.9. The van der Waals surface area contributed by atoms with Crippen molar-refractivity contribution in [3.63, 3.8) is 0 Å². The van der Waals surface area contributed by atoms with Gasteiger partial charge in [-0.25, -0.2) is 18.1 Å². The van der Waals surface area contributed by atoms with Crippen molar-refractivity contribution >= 4 is 33.0 Å². The molecule has 2 rings (SSSR count). The van der Waals surface area contributed by atoms with Gasteiger partial charge in [0.2, 0.25) is 10.0 Å². The summed E-state index contributed by atoms with van der Waals surface area (Å²) in [6.07, 6.45) is 0. The van der Waals surface area contributed by atoms with Crippen LogP contribution >= 0.6 is 17.0 Å². The number of hydrogen-bond donors (Lipinski definition) is 2. The van der Waals surface area contributed by atoms with Crippen LogP contribution in [0.25, 0.3) is 0 Å². The largest absolute Gasteiger partial charge is 0.378 e. The van der Waals surface area contributed by atoms with Crippen molar-refractivity contribution in [2.45, 2.75) is 11.4 Å². The van der Waals surface area contributed by atoms with Gasteiger partial charge in [0.05, 0.1) is 24.7 Å². The molecule has 0 bridgehead atoms. The van der Waals surface area contributed by atoms with E-state index in [4.69, 9.17) is 10.5 Å². The molecule has 0 aromatic heterocycles. The van der Waals surface area contributed by atoms with E-state index in [-0.39, 0.29) is 21.9 Å². The molecular weight excluding hydrogens is 372 g/mol. The van der Waals surface area contributed by atoms with Crippen LogP contribution in [0.2, 0.25) is 0 Å². The number of nitrogens with two attached hydrogens (primary N) is 1. The molecule has 1 saturated heterocycles. The maximum atomic E-state index is 11.6. The highest BCUT2D eigenvalue weighted by molar-refractivity contribution is 8.93. The Kier molecular flexibility index (Phi) is 7.27. The van der Waals surface area contributed by atoms with E-state index < -0.39 is 10.0 Å². The molecule has 0 aliphatic carbocycles. The van der Waals surface area contributed by atoms with E-state index >= 15 is 0 Å². The quantitative estimate of drug-likeness (QED) is 0.567. The summed E-state index contributed by atoms with van der Waals surface area (Å²) >= 11 is 0. The van der Waals surface area contributed by atoms with Crippen molar-refractivity contribution in [2.75, 3.05) is 33.4 Å². The van der Waals surface area contributed by atoms with Gasteiger partial charge >= 0.3 is 0 Å². The number of ether oxygens (including phenoxy) is 1. The number of hydrogen-bond acceptors (Lipinski definition) is 4. The Morgan fingerprint density at radius 2 is 1.91 bits per heavy atom. The lowest BCUT2D eigenvalue weighted by Crippen LogP contribution is -2.44. The molecule has 1 fully saturated rings. The third-order valence-corrected chi connectivity index (χ3v) is 4.69. The molecule has 22 heavy (non-hydrogen) atoms. The van der Waals surface area contributed by atoms with E-state index in [0.29, 0.717) is 25.7 Å².